The second-order valence-electron chi connectivity index (χ2n) is 7.64. The first-order valence-corrected chi connectivity index (χ1v) is 10.1. The summed E-state index contributed by atoms with van der Waals surface area (Å²) < 4.78 is 5.54. The van der Waals surface area contributed by atoms with Gasteiger partial charge in [0.15, 0.2) is 0 Å². The Hall–Kier alpha value is -2.33. The van der Waals surface area contributed by atoms with Crippen LogP contribution in [0.2, 0.25) is 0 Å². The molecule has 2 aliphatic rings. The highest BCUT2D eigenvalue weighted by Gasteiger charge is 2.20. The summed E-state index contributed by atoms with van der Waals surface area (Å²) >= 11 is 0. The van der Waals surface area contributed by atoms with Crippen molar-refractivity contribution in [1.29, 1.82) is 0 Å². The minimum atomic E-state index is 0.174. The van der Waals surface area contributed by atoms with E-state index in [1.807, 2.05) is 6.07 Å². The van der Waals surface area contributed by atoms with E-state index < -0.39 is 0 Å². The van der Waals surface area contributed by atoms with E-state index in [0.717, 1.165) is 57.7 Å². The van der Waals surface area contributed by atoms with Gasteiger partial charge in [-0.25, -0.2) is 0 Å². The number of carbonyl (C=O) groups is 1. The molecule has 0 radical (unpaired) electrons. The number of amides is 1. The molecule has 2 heterocycles. The lowest BCUT2D eigenvalue weighted by Gasteiger charge is -2.32. The molecular weight excluding hydrogens is 336 g/mol. The summed E-state index contributed by atoms with van der Waals surface area (Å²) in [6.07, 6.45) is 4.41. The van der Waals surface area contributed by atoms with Crippen LogP contribution in [0.3, 0.4) is 0 Å². The van der Waals surface area contributed by atoms with E-state index in [4.69, 9.17) is 4.74 Å². The van der Waals surface area contributed by atoms with Gasteiger partial charge in [-0.15, -0.1) is 0 Å². The number of aryl methyl sites for hydroxylation is 1. The highest BCUT2D eigenvalue weighted by atomic mass is 16.5. The van der Waals surface area contributed by atoms with Gasteiger partial charge in [0.05, 0.1) is 6.61 Å². The summed E-state index contributed by atoms with van der Waals surface area (Å²) in [6.45, 7) is 3.88. The maximum Gasteiger partial charge on any atom is 0.220 e. The zero-order chi connectivity index (χ0) is 18.5. The number of ether oxygens (including phenoxy) is 1. The van der Waals surface area contributed by atoms with Crippen LogP contribution >= 0.6 is 0 Å². The van der Waals surface area contributed by atoms with Gasteiger partial charge in [0, 0.05) is 38.5 Å². The summed E-state index contributed by atoms with van der Waals surface area (Å²) in [5.41, 5.74) is 3.87. The van der Waals surface area contributed by atoms with E-state index >= 15 is 0 Å². The van der Waals surface area contributed by atoms with Gasteiger partial charge in [-0.1, -0.05) is 42.5 Å². The molecule has 0 bridgehead atoms. The van der Waals surface area contributed by atoms with Crippen LogP contribution in [0.25, 0.3) is 0 Å². The second kappa shape index (κ2) is 8.57. The fourth-order valence-electron chi connectivity index (χ4n) is 4.03. The van der Waals surface area contributed by atoms with Crippen molar-refractivity contribution < 1.29 is 9.53 Å². The summed E-state index contributed by atoms with van der Waals surface area (Å²) in [5, 5.41) is 3.24. The average molecular weight is 364 g/mol. The van der Waals surface area contributed by atoms with Crippen molar-refractivity contribution >= 4 is 5.91 Å². The number of carbonyl (C=O) groups excluding carboxylic acids is 1. The molecule has 142 valence electrons. The summed E-state index contributed by atoms with van der Waals surface area (Å²) in [4.78, 5) is 14.8. The molecule has 0 atom stereocenters. The molecule has 4 nitrogen and oxygen atoms in total. The lowest BCUT2D eigenvalue weighted by atomic mass is 10.0. The van der Waals surface area contributed by atoms with Crippen LogP contribution in [0, 0.1) is 0 Å². The Morgan fingerprint density at radius 1 is 1.07 bits per heavy atom. The molecule has 0 spiro atoms. The van der Waals surface area contributed by atoms with Crippen LogP contribution in [-0.2, 0) is 24.2 Å². The number of hydrogen-bond donors (Lipinski definition) is 1. The number of fused-ring (bicyclic) bond motifs is 1. The first kappa shape index (κ1) is 18.1. The largest absolute Gasteiger partial charge is 0.493 e. The van der Waals surface area contributed by atoms with E-state index in [2.05, 4.69) is 52.7 Å². The molecule has 27 heavy (non-hydrogen) atoms. The fraction of sp³-hybridized carbons (Fsp3) is 0.435. The Balaban J connectivity index is 1.18. The molecule has 1 amide bonds. The molecular formula is C23H28N2O2. The highest BCUT2D eigenvalue weighted by Crippen LogP contribution is 2.26. The van der Waals surface area contributed by atoms with Crippen molar-refractivity contribution in [2.24, 2.45) is 0 Å². The SMILES string of the molecule is O=C(CCc1ccc2c(c1)CCO2)NC1CCN(Cc2ccccc2)CC1. The Morgan fingerprint density at radius 2 is 1.89 bits per heavy atom. The van der Waals surface area contributed by atoms with Gasteiger partial charge in [0.2, 0.25) is 5.91 Å². The Bertz CT molecular complexity index is 767. The first-order chi connectivity index (χ1) is 13.3. The van der Waals surface area contributed by atoms with Crippen LogP contribution in [0.1, 0.15) is 36.0 Å². The second-order valence-corrected chi connectivity index (χ2v) is 7.64. The molecule has 2 aliphatic heterocycles. The molecule has 1 saturated heterocycles. The number of benzene rings is 2. The van der Waals surface area contributed by atoms with Gasteiger partial charge in [0.1, 0.15) is 5.75 Å². The molecule has 1 N–H and O–H groups in total. The molecule has 0 aromatic heterocycles. The molecule has 0 saturated carbocycles. The predicted molar refractivity (Wildman–Crippen MR) is 107 cm³/mol. The number of likely N-dealkylation sites (tertiary alicyclic amines) is 1. The predicted octanol–water partition coefficient (Wildman–Crippen LogP) is 3.33. The van der Waals surface area contributed by atoms with Gasteiger partial charge < -0.3 is 10.1 Å². The zero-order valence-electron chi connectivity index (χ0n) is 15.8. The van der Waals surface area contributed by atoms with Gasteiger partial charge in [-0.2, -0.15) is 0 Å². The van der Waals surface area contributed by atoms with E-state index in [1.54, 1.807) is 0 Å². The molecule has 2 aromatic rings. The lowest BCUT2D eigenvalue weighted by Crippen LogP contribution is -2.44. The van der Waals surface area contributed by atoms with Crippen molar-refractivity contribution in [3.05, 3.63) is 65.2 Å². The fourth-order valence-corrected chi connectivity index (χ4v) is 4.03. The lowest BCUT2D eigenvalue weighted by molar-refractivity contribution is -0.122. The van der Waals surface area contributed by atoms with Crippen LogP contribution in [-0.4, -0.2) is 36.5 Å². The van der Waals surface area contributed by atoms with E-state index in [-0.39, 0.29) is 5.91 Å². The maximum atomic E-state index is 12.3. The van der Waals surface area contributed by atoms with E-state index in [1.165, 1.54) is 16.7 Å². The van der Waals surface area contributed by atoms with Crippen LogP contribution in [0.5, 0.6) is 5.75 Å². The monoisotopic (exact) mass is 364 g/mol. The Kier molecular flexibility index (Phi) is 5.73. The standard InChI is InChI=1S/C23H28N2O2/c26-23(9-7-18-6-8-22-20(16-18)12-15-27-22)24-21-10-13-25(14-11-21)17-19-4-2-1-3-5-19/h1-6,8,16,21H,7,9-15,17H2,(H,24,26). The third kappa shape index (κ3) is 4.89. The van der Waals surface area contributed by atoms with Crippen LogP contribution < -0.4 is 10.1 Å². The quantitative estimate of drug-likeness (QED) is 0.855. The van der Waals surface area contributed by atoms with Gasteiger partial charge in [-0.3, -0.25) is 9.69 Å². The zero-order valence-corrected chi connectivity index (χ0v) is 15.8. The molecule has 1 fully saturated rings. The third-order valence-electron chi connectivity index (χ3n) is 5.60. The number of hydrogen-bond acceptors (Lipinski definition) is 3. The highest BCUT2D eigenvalue weighted by molar-refractivity contribution is 5.76. The minimum absolute atomic E-state index is 0.174. The summed E-state index contributed by atoms with van der Waals surface area (Å²) in [6, 6.07) is 17.2. The van der Waals surface area contributed by atoms with Crippen molar-refractivity contribution in [3.8, 4) is 5.75 Å². The molecule has 0 unspecified atom stereocenters. The molecule has 4 rings (SSSR count). The number of nitrogens with zero attached hydrogens (tertiary/aromatic N) is 1. The molecule has 2 aromatic carbocycles. The molecule has 4 heteroatoms. The number of piperidine rings is 1. The minimum Gasteiger partial charge on any atom is -0.493 e. The Morgan fingerprint density at radius 3 is 2.70 bits per heavy atom. The first-order valence-electron chi connectivity index (χ1n) is 10.1. The van der Waals surface area contributed by atoms with Crippen LogP contribution in [0.15, 0.2) is 48.5 Å². The Labute approximate surface area is 161 Å². The third-order valence-corrected chi connectivity index (χ3v) is 5.60. The topological polar surface area (TPSA) is 41.6 Å². The molecule has 0 aliphatic carbocycles. The van der Waals surface area contributed by atoms with Gasteiger partial charge >= 0.3 is 0 Å². The van der Waals surface area contributed by atoms with Crippen molar-refractivity contribution in [2.75, 3.05) is 19.7 Å². The summed E-state index contributed by atoms with van der Waals surface area (Å²) in [7, 11) is 0. The van der Waals surface area contributed by atoms with Gasteiger partial charge in [-0.05, 0) is 42.0 Å². The van der Waals surface area contributed by atoms with E-state index in [0.29, 0.717) is 12.5 Å². The van der Waals surface area contributed by atoms with Crippen molar-refractivity contribution in [2.45, 2.75) is 44.7 Å². The van der Waals surface area contributed by atoms with Crippen molar-refractivity contribution in [3.63, 3.8) is 0 Å². The average Bonchev–Trinajstić information content (AvgIpc) is 3.17. The smallest absolute Gasteiger partial charge is 0.220 e. The normalized spacial score (nSPS) is 17.3. The van der Waals surface area contributed by atoms with Crippen LogP contribution in [0.4, 0.5) is 0 Å². The van der Waals surface area contributed by atoms with Crippen molar-refractivity contribution in [1.82, 2.24) is 10.2 Å². The number of nitrogens with one attached hydrogen (secondary N) is 1. The van der Waals surface area contributed by atoms with Gasteiger partial charge in [0.25, 0.3) is 0 Å². The summed E-state index contributed by atoms with van der Waals surface area (Å²) in [5.74, 6) is 1.18. The maximum absolute atomic E-state index is 12.3. The van der Waals surface area contributed by atoms with E-state index in [9.17, 15) is 4.79 Å². The number of rotatable bonds is 6.